The van der Waals surface area contributed by atoms with Crippen LogP contribution in [0.4, 0.5) is 5.69 Å². The average molecular weight is 518 g/mol. The van der Waals surface area contributed by atoms with Gasteiger partial charge in [0.05, 0.1) is 40.8 Å². The fourth-order valence-electron chi connectivity index (χ4n) is 5.31. The highest BCUT2D eigenvalue weighted by Crippen LogP contribution is 2.38. The molecular weight excluding hydrogens is 482 g/mol. The zero-order valence-corrected chi connectivity index (χ0v) is 22.0. The van der Waals surface area contributed by atoms with Gasteiger partial charge in [-0.3, -0.25) is 14.4 Å². The minimum atomic E-state index is -0.557. The molecule has 0 spiro atoms. The minimum Gasteiger partial charge on any atom is -0.459 e. The van der Waals surface area contributed by atoms with E-state index >= 15 is 0 Å². The second kappa shape index (κ2) is 11.0. The monoisotopic (exact) mass is 517 g/mol. The van der Waals surface area contributed by atoms with Crippen molar-refractivity contribution < 1.29 is 19.1 Å². The molecule has 1 amide bonds. The van der Waals surface area contributed by atoms with Gasteiger partial charge >= 0.3 is 5.97 Å². The van der Waals surface area contributed by atoms with E-state index in [1.165, 1.54) is 0 Å². The number of Topliss-reactive ketones (excluding diaryl/α,β-unsaturated/α-hetero) is 1. The zero-order valence-electron chi connectivity index (χ0n) is 21.1. The number of nitrogens with two attached hydrogens (primary N) is 2. The largest absolute Gasteiger partial charge is 0.459 e. The second-order valence-electron chi connectivity index (χ2n) is 10.3. The van der Waals surface area contributed by atoms with E-state index < -0.39 is 11.9 Å². The lowest BCUT2D eigenvalue weighted by Crippen LogP contribution is -2.41. The molecule has 1 aromatic heterocycles. The molecule has 2 aromatic rings. The first kappa shape index (κ1) is 27.7. The van der Waals surface area contributed by atoms with Crippen molar-refractivity contribution >= 4 is 35.8 Å². The summed E-state index contributed by atoms with van der Waals surface area (Å²) < 4.78 is 7.40. The molecule has 0 radical (unpaired) electrons. The second-order valence-corrected chi connectivity index (χ2v) is 10.3. The number of halogens is 1. The number of carbonyl (C=O) groups is 3. The van der Waals surface area contributed by atoms with Gasteiger partial charge in [0.15, 0.2) is 5.78 Å². The number of benzene rings is 1. The molecule has 0 bridgehead atoms. The molecule has 1 saturated carbocycles. The summed E-state index contributed by atoms with van der Waals surface area (Å²) in [7, 11) is 0. The summed E-state index contributed by atoms with van der Waals surface area (Å²) in [5.74, 6) is -0.883. The summed E-state index contributed by atoms with van der Waals surface area (Å²) in [5.41, 5.74) is 15.0. The van der Waals surface area contributed by atoms with E-state index in [1.54, 1.807) is 12.1 Å². The predicted octanol–water partition coefficient (Wildman–Crippen LogP) is 3.34. The fourth-order valence-corrected chi connectivity index (χ4v) is 5.31. The van der Waals surface area contributed by atoms with E-state index in [2.05, 4.69) is 19.2 Å². The molecule has 2 aliphatic rings. The zero-order chi connectivity index (χ0) is 25.3. The molecule has 36 heavy (non-hydrogen) atoms. The highest BCUT2D eigenvalue weighted by molar-refractivity contribution is 6.00. The fraction of sp³-hybridized carbons (Fsp3) is 0.538. The molecule has 0 saturated heterocycles. The number of amides is 1. The molecule has 2 unspecified atom stereocenters. The summed E-state index contributed by atoms with van der Waals surface area (Å²) >= 11 is 0. The highest BCUT2D eigenvalue weighted by Gasteiger charge is 2.36. The first-order chi connectivity index (χ1) is 16.6. The van der Waals surface area contributed by atoms with Crippen molar-refractivity contribution in [1.82, 2.24) is 9.78 Å². The number of carbonyl (C=O) groups excluding carboxylic acids is 3. The number of aryl methyl sites for hydroxylation is 1. The van der Waals surface area contributed by atoms with Crippen LogP contribution in [0.5, 0.6) is 0 Å². The van der Waals surface area contributed by atoms with Crippen LogP contribution in [0.2, 0.25) is 0 Å². The number of hydrogen-bond donors (Lipinski definition) is 3. The Labute approximate surface area is 217 Å². The topological polar surface area (TPSA) is 142 Å². The number of anilines is 1. The maximum Gasteiger partial charge on any atom is 0.320 e. The van der Waals surface area contributed by atoms with E-state index in [0.717, 1.165) is 54.7 Å². The summed E-state index contributed by atoms with van der Waals surface area (Å²) in [6, 6.07) is 5.15. The highest BCUT2D eigenvalue weighted by atomic mass is 35.5. The van der Waals surface area contributed by atoms with Crippen LogP contribution < -0.4 is 16.8 Å². The SMILES string of the molecule is CCc1nn(-c2ccc(C(N)=O)c(NC3CCCCC3OC(=O)CN)c2)c2c1C(=O)CC(C)(C)C2.Cl. The van der Waals surface area contributed by atoms with E-state index in [1.807, 2.05) is 17.7 Å². The van der Waals surface area contributed by atoms with Crippen LogP contribution in [0.1, 0.15) is 85.0 Å². The Morgan fingerprint density at radius 1 is 1.22 bits per heavy atom. The number of hydrogen-bond acceptors (Lipinski definition) is 7. The Kier molecular flexibility index (Phi) is 8.46. The van der Waals surface area contributed by atoms with Crippen LogP contribution in [0.3, 0.4) is 0 Å². The van der Waals surface area contributed by atoms with Crippen LogP contribution >= 0.6 is 12.4 Å². The Balaban J connectivity index is 0.00000361. The smallest absolute Gasteiger partial charge is 0.320 e. The van der Waals surface area contributed by atoms with Gasteiger partial charge in [-0.2, -0.15) is 5.10 Å². The van der Waals surface area contributed by atoms with Crippen molar-refractivity contribution in [3.05, 3.63) is 40.7 Å². The van der Waals surface area contributed by atoms with E-state index in [9.17, 15) is 14.4 Å². The van der Waals surface area contributed by atoms with Gasteiger partial charge in [-0.05, 0) is 55.7 Å². The minimum absolute atomic E-state index is 0. The Hall–Kier alpha value is -2.91. The van der Waals surface area contributed by atoms with Crippen molar-refractivity contribution in [3.8, 4) is 5.69 Å². The van der Waals surface area contributed by atoms with Gasteiger partial charge < -0.3 is 21.5 Å². The lowest BCUT2D eigenvalue weighted by atomic mass is 9.75. The maximum atomic E-state index is 13.0. The third kappa shape index (κ3) is 5.57. The quantitative estimate of drug-likeness (QED) is 0.478. The molecule has 1 fully saturated rings. The molecule has 10 heteroatoms. The molecule has 4 rings (SSSR count). The van der Waals surface area contributed by atoms with Gasteiger partial charge in [0.25, 0.3) is 5.91 Å². The molecule has 196 valence electrons. The maximum absolute atomic E-state index is 13.0. The normalized spacial score (nSPS) is 20.7. The molecule has 5 N–H and O–H groups in total. The Morgan fingerprint density at radius 3 is 2.61 bits per heavy atom. The van der Waals surface area contributed by atoms with Gasteiger partial charge in [-0.15, -0.1) is 12.4 Å². The molecule has 1 heterocycles. The number of ether oxygens (including phenoxy) is 1. The number of fused-ring (bicyclic) bond motifs is 1. The molecule has 1 aromatic carbocycles. The van der Waals surface area contributed by atoms with Gasteiger partial charge in [-0.1, -0.05) is 27.2 Å². The van der Waals surface area contributed by atoms with Gasteiger partial charge in [0.2, 0.25) is 0 Å². The summed E-state index contributed by atoms with van der Waals surface area (Å²) in [5, 5.41) is 8.21. The van der Waals surface area contributed by atoms with Crippen molar-refractivity contribution in [2.75, 3.05) is 11.9 Å². The van der Waals surface area contributed by atoms with Crippen LogP contribution in [-0.4, -0.2) is 46.1 Å². The summed E-state index contributed by atoms with van der Waals surface area (Å²) in [6.45, 7) is 6.00. The van der Waals surface area contributed by atoms with E-state index in [4.69, 9.17) is 21.3 Å². The number of primary amides is 1. The molecule has 2 atom stereocenters. The van der Waals surface area contributed by atoms with Gasteiger partial charge in [-0.25, -0.2) is 4.68 Å². The molecular formula is C26H36ClN5O4. The number of nitrogens with zero attached hydrogens (tertiary/aromatic N) is 2. The summed E-state index contributed by atoms with van der Waals surface area (Å²) in [4.78, 5) is 37.1. The Morgan fingerprint density at radius 2 is 1.94 bits per heavy atom. The van der Waals surface area contributed by atoms with Gasteiger partial charge in [0.1, 0.15) is 6.10 Å². The van der Waals surface area contributed by atoms with E-state index in [-0.39, 0.29) is 42.3 Å². The predicted molar refractivity (Wildman–Crippen MR) is 140 cm³/mol. The van der Waals surface area contributed by atoms with Crippen molar-refractivity contribution in [2.24, 2.45) is 16.9 Å². The standard InChI is InChI=1S/C26H35N5O4.ClH/c1-4-17-24-20(12-26(2,3)13-21(24)32)31(30-17)15-9-10-16(25(28)34)19(11-15)29-18-7-5-6-8-22(18)35-23(33)14-27;/h9-11,18,22,29H,4-8,12-14,27H2,1-3H3,(H2,28,34);1H. The van der Waals surface area contributed by atoms with Crippen LogP contribution in [0, 0.1) is 5.41 Å². The molecule has 2 aliphatic carbocycles. The first-order valence-electron chi connectivity index (χ1n) is 12.4. The van der Waals surface area contributed by atoms with Crippen LogP contribution in [0.25, 0.3) is 5.69 Å². The molecule has 0 aliphatic heterocycles. The number of aromatic nitrogens is 2. The third-order valence-electron chi connectivity index (χ3n) is 6.96. The van der Waals surface area contributed by atoms with Crippen LogP contribution in [-0.2, 0) is 22.4 Å². The first-order valence-corrected chi connectivity index (χ1v) is 12.4. The summed E-state index contributed by atoms with van der Waals surface area (Å²) in [6.07, 6.45) is 4.96. The molecule has 9 nitrogen and oxygen atoms in total. The number of rotatable bonds is 7. The van der Waals surface area contributed by atoms with Crippen LogP contribution in [0.15, 0.2) is 18.2 Å². The average Bonchev–Trinajstić information content (AvgIpc) is 3.17. The van der Waals surface area contributed by atoms with E-state index in [0.29, 0.717) is 24.1 Å². The van der Waals surface area contributed by atoms with Gasteiger partial charge in [0, 0.05) is 12.1 Å². The third-order valence-corrected chi connectivity index (χ3v) is 6.96. The number of esters is 1. The van der Waals surface area contributed by atoms with Crippen molar-refractivity contribution in [3.63, 3.8) is 0 Å². The lowest BCUT2D eigenvalue weighted by Gasteiger charge is -2.33. The van der Waals surface area contributed by atoms with Crippen molar-refractivity contribution in [2.45, 2.75) is 77.9 Å². The lowest BCUT2D eigenvalue weighted by molar-refractivity contribution is -0.149. The number of nitrogens with one attached hydrogen (secondary N) is 1. The Bertz CT molecular complexity index is 1160. The number of ketones is 1. The van der Waals surface area contributed by atoms with Crippen molar-refractivity contribution in [1.29, 1.82) is 0 Å².